The van der Waals surface area contributed by atoms with Gasteiger partial charge in [-0.25, -0.2) is 14.8 Å². The minimum Gasteiger partial charge on any atom is -0.462 e. The standard InChI is InChI=1S/C15H17ClN4O4/c1-4-9-18-8(16)6-10(19-9)20-14-12(13(17)21)11(7(3)24-14)15(22)23-5-2/h6H,4-5H2,1-3H3,(H2,17,21)(H,18,19,20). The summed E-state index contributed by atoms with van der Waals surface area (Å²) in [6.45, 7) is 5.23. The Bertz CT molecular complexity index is 788. The molecule has 8 nitrogen and oxygen atoms in total. The van der Waals surface area contributed by atoms with Crippen molar-refractivity contribution >= 4 is 35.2 Å². The maximum absolute atomic E-state index is 12.0. The minimum atomic E-state index is -0.826. The number of aromatic nitrogens is 2. The van der Waals surface area contributed by atoms with Crippen LogP contribution in [-0.2, 0) is 11.2 Å². The number of furan rings is 1. The van der Waals surface area contributed by atoms with Crippen molar-refractivity contribution in [3.05, 3.63) is 33.9 Å². The second-order valence-corrected chi connectivity index (χ2v) is 5.18. The maximum atomic E-state index is 12.0. The third kappa shape index (κ3) is 3.65. The van der Waals surface area contributed by atoms with E-state index >= 15 is 0 Å². The first-order valence-corrected chi connectivity index (χ1v) is 7.65. The van der Waals surface area contributed by atoms with Gasteiger partial charge in [0.1, 0.15) is 33.7 Å². The first-order chi connectivity index (χ1) is 11.4. The van der Waals surface area contributed by atoms with E-state index in [1.807, 2.05) is 6.92 Å². The number of amides is 1. The molecule has 2 aromatic rings. The Morgan fingerprint density at radius 3 is 2.62 bits per heavy atom. The van der Waals surface area contributed by atoms with E-state index in [0.29, 0.717) is 18.1 Å². The van der Waals surface area contributed by atoms with Crippen LogP contribution < -0.4 is 11.1 Å². The van der Waals surface area contributed by atoms with Crippen LogP contribution in [-0.4, -0.2) is 28.5 Å². The number of hydrogen-bond acceptors (Lipinski definition) is 7. The Labute approximate surface area is 143 Å². The van der Waals surface area contributed by atoms with Crippen LogP contribution in [0.5, 0.6) is 0 Å². The molecule has 0 bridgehead atoms. The molecule has 3 N–H and O–H groups in total. The quantitative estimate of drug-likeness (QED) is 0.605. The van der Waals surface area contributed by atoms with Crippen LogP contribution in [0.15, 0.2) is 10.5 Å². The van der Waals surface area contributed by atoms with Crippen LogP contribution in [0.2, 0.25) is 5.15 Å². The Kier molecular flexibility index (Phi) is 5.40. The van der Waals surface area contributed by atoms with E-state index in [1.165, 1.54) is 13.0 Å². The Morgan fingerprint density at radius 1 is 1.33 bits per heavy atom. The van der Waals surface area contributed by atoms with Gasteiger partial charge in [0.25, 0.3) is 5.91 Å². The normalized spacial score (nSPS) is 10.5. The van der Waals surface area contributed by atoms with Crippen molar-refractivity contribution in [2.45, 2.75) is 27.2 Å². The number of ether oxygens (including phenoxy) is 1. The lowest BCUT2D eigenvalue weighted by molar-refractivity contribution is 0.0521. The summed E-state index contributed by atoms with van der Waals surface area (Å²) in [6.07, 6.45) is 0.573. The van der Waals surface area contributed by atoms with Gasteiger partial charge in [-0.15, -0.1) is 0 Å². The number of nitrogens with one attached hydrogen (secondary N) is 1. The fourth-order valence-electron chi connectivity index (χ4n) is 2.12. The van der Waals surface area contributed by atoms with Crippen molar-refractivity contribution < 1.29 is 18.7 Å². The summed E-state index contributed by atoms with van der Waals surface area (Å²) < 4.78 is 10.4. The smallest absolute Gasteiger partial charge is 0.342 e. The molecule has 0 aliphatic heterocycles. The molecule has 0 unspecified atom stereocenters. The number of carbonyl (C=O) groups is 2. The topological polar surface area (TPSA) is 120 Å². The molecule has 0 spiro atoms. The third-order valence-electron chi connectivity index (χ3n) is 3.11. The van der Waals surface area contributed by atoms with E-state index in [0.717, 1.165) is 0 Å². The largest absolute Gasteiger partial charge is 0.462 e. The predicted molar refractivity (Wildman–Crippen MR) is 87.6 cm³/mol. The zero-order valence-corrected chi connectivity index (χ0v) is 14.2. The van der Waals surface area contributed by atoms with Crippen molar-refractivity contribution in [3.63, 3.8) is 0 Å². The molecule has 0 aromatic carbocycles. The molecule has 9 heteroatoms. The van der Waals surface area contributed by atoms with Crippen molar-refractivity contribution in [2.75, 3.05) is 11.9 Å². The average molecular weight is 353 g/mol. The summed E-state index contributed by atoms with van der Waals surface area (Å²) in [5.74, 6) is -0.470. The van der Waals surface area contributed by atoms with Gasteiger partial charge in [-0.05, 0) is 13.8 Å². The van der Waals surface area contributed by atoms with Gasteiger partial charge in [0.2, 0.25) is 5.88 Å². The molecule has 128 valence electrons. The monoisotopic (exact) mass is 352 g/mol. The summed E-state index contributed by atoms with van der Waals surface area (Å²) in [7, 11) is 0. The second kappa shape index (κ2) is 7.31. The van der Waals surface area contributed by atoms with Crippen molar-refractivity contribution in [3.8, 4) is 0 Å². The van der Waals surface area contributed by atoms with Gasteiger partial charge in [-0.2, -0.15) is 0 Å². The lowest BCUT2D eigenvalue weighted by Gasteiger charge is -2.06. The number of halogens is 1. The molecule has 0 atom stereocenters. The van der Waals surface area contributed by atoms with E-state index in [2.05, 4.69) is 15.3 Å². The van der Waals surface area contributed by atoms with Gasteiger partial charge < -0.3 is 20.2 Å². The Hall–Kier alpha value is -2.61. The molecule has 0 radical (unpaired) electrons. The van der Waals surface area contributed by atoms with Gasteiger partial charge in [0.15, 0.2) is 0 Å². The van der Waals surface area contributed by atoms with Crippen LogP contribution in [0.1, 0.15) is 46.1 Å². The maximum Gasteiger partial charge on any atom is 0.342 e. The number of nitrogens with zero attached hydrogens (tertiary/aromatic N) is 2. The highest BCUT2D eigenvalue weighted by atomic mass is 35.5. The molecular formula is C15H17ClN4O4. The lowest BCUT2D eigenvalue weighted by Crippen LogP contribution is -2.18. The van der Waals surface area contributed by atoms with Crippen molar-refractivity contribution in [1.82, 2.24) is 9.97 Å². The highest BCUT2D eigenvalue weighted by Crippen LogP contribution is 2.30. The number of anilines is 2. The van der Waals surface area contributed by atoms with Crippen LogP contribution in [0, 0.1) is 6.92 Å². The second-order valence-electron chi connectivity index (χ2n) is 4.79. The van der Waals surface area contributed by atoms with Gasteiger partial charge >= 0.3 is 5.97 Å². The molecule has 2 rings (SSSR count). The number of nitrogens with two attached hydrogens (primary N) is 1. The van der Waals surface area contributed by atoms with E-state index in [9.17, 15) is 9.59 Å². The van der Waals surface area contributed by atoms with E-state index in [1.54, 1.807) is 6.92 Å². The molecular weight excluding hydrogens is 336 g/mol. The molecule has 0 fully saturated rings. The number of primary amides is 1. The molecule has 2 aromatic heterocycles. The Morgan fingerprint density at radius 2 is 2.04 bits per heavy atom. The summed E-state index contributed by atoms with van der Waals surface area (Å²) in [5.41, 5.74) is 5.29. The first kappa shape index (κ1) is 17.7. The number of hydrogen-bond donors (Lipinski definition) is 2. The zero-order chi connectivity index (χ0) is 17.9. The zero-order valence-electron chi connectivity index (χ0n) is 13.5. The molecule has 2 heterocycles. The van der Waals surface area contributed by atoms with Crippen molar-refractivity contribution in [1.29, 1.82) is 0 Å². The van der Waals surface area contributed by atoms with E-state index < -0.39 is 11.9 Å². The molecule has 0 saturated heterocycles. The van der Waals surface area contributed by atoms with Crippen LogP contribution in [0.25, 0.3) is 0 Å². The van der Waals surface area contributed by atoms with Crippen LogP contribution in [0.3, 0.4) is 0 Å². The highest BCUT2D eigenvalue weighted by Gasteiger charge is 2.28. The molecule has 0 aliphatic rings. The summed E-state index contributed by atoms with van der Waals surface area (Å²) >= 11 is 5.94. The van der Waals surface area contributed by atoms with Crippen LogP contribution in [0.4, 0.5) is 11.7 Å². The van der Waals surface area contributed by atoms with Crippen molar-refractivity contribution in [2.24, 2.45) is 5.73 Å². The molecule has 0 aliphatic carbocycles. The molecule has 24 heavy (non-hydrogen) atoms. The SMILES string of the molecule is CCOC(=O)c1c(C)oc(Nc2cc(Cl)nc(CC)n2)c1C(N)=O. The number of rotatable bonds is 6. The van der Waals surface area contributed by atoms with Gasteiger partial charge in [-0.3, -0.25) is 4.79 Å². The molecule has 1 amide bonds. The lowest BCUT2D eigenvalue weighted by atomic mass is 10.1. The van der Waals surface area contributed by atoms with Gasteiger partial charge in [0.05, 0.1) is 6.61 Å². The van der Waals surface area contributed by atoms with E-state index in [4.69, 9.17) is 26.5 Å². The minimum absolute atomic E-state index is 0.000118. The highest BCUT2D eigenvalue weighted by molar-refractivity contribution is 6.29. The van der Waals surface area contributed by atoms with Crippen LogP contribution >= 0.6 is 11.6 Å². The predicted octanol–water partition coefficient (Wildman–Crippen LogP) is 2.61. The summed E-state index contributed by atoms with van der Waals surface area (Å²) in [5, 5.41) is 3.05. The number of aryl methyl sites for hydroxylation is 2. The fraction of sp³-hybridized carbons (Fsp3) is 0.333. The fourth-order valence-corrected chi connectivity index (χ4v) is 2.32. The average Bonchev–Trinajstić information content (AvgIpc) is 2.83. The third-order valence-corrected chi connectivity index (χ3v) is 3.30. The van der Waals surface area contributed by atoms with E-state index in [-0.39, 0.29) is 34.5 Å². The molecule has 0 saturated carbocycles. The summed E-state index contributed by atoms with van der Waals surface area (Å²) in [4.78, 5) is 32.1. The number of esters is 1. The first-order valence-electron chi connectivity index (χ1n) is 7.28. The number of carbonyl (C=O) groups excluding carboxylic acids is 2. The summed E-state index contributed by atoms with van der Waals surface area (Å²) in [6, 6.07) is 1.47. The Balaban J connectivity index is 2.48. The van der Waals surface area contributed by atoms with Gasteiger partial charge in [0, 0.05) is 12.5 Å². The van der Waals surface area contributed by atoms with Gasteiger partial charge in [-0.1, -0.05) is 18.5 Å².